The van der Waals surface area contributed by atoms with Crippen LogP contribution in [0.4, 0.5) is 8.78 Å². The maximum absolute atomic E-state index is 12.7. The number of rotatable bonds is 4. The summed E-state index contributed by atoms with van der Waals surface area (Å²) in [7, 11) is 0. The summed E-state index contributed by atoms with van der Waals surface area (Å²) in [6.45, 7) is 0.272. The summed E-state index contributed by atoms with van der Waals surface area (Å²) in [6.07, 6.45) is -0.968. The van der Waals surface area contributed by atoms with Crippen LogP contribution in [0.15, 0.2) is 24.3 Å². The van der Waals surface area contributed by atoms with Crippen LogP contribution in [0.2, 0.25) is 0 Å². The van der Waals surface area contributed by atoms with Crippen molar-refractivity contribution in [1.29, 1.82) is 0 Å². The predicted octanol–water partition coefficient (Wildman–Crippen LogP) is 2.22. The monoisotopic (exact) mass is 404 g/mol. The lowest BCUT2D eigenvalue weighted by atomic mass is 10.0. The molecular weight excluding hydrogens is 394 g/mol. The van der Waals surface area contributed by atoms with Crippen LogP contribution in [-0.2, 0) is 14.3 Å². The molecule has 0 amide bonds. The third-order valence-electron chi connectivity index (χ3n) is 4.04. The first-order chi connectivity index (χ1) is 12.3. The fourth-order valence-electron chi connectivity index (χ4n) is 2.88. The molecule has 1 aromatic carbocycles. The summed E-state index contributed by atoms with van der Waals surface area (Å²) < 4.78 is 43.3. The van der Waals surface area contributed by atoms with Crippen LogP contribution < -0.4 is 4.74 Å². The first kappa shape index (κ1) is 17.5. The first-order valence-corrected chi connectivity index (χ1v) is 8.31. The molecule has 138 valence electrons. The van der Waals surface area contributed by atoms with Crippen molar-refractivity contribution in [3.05, 3.63) is 29.0 Å². The molecule has 2 aromatic rings. The Balaban J connectivity index is 1.60. The van der Waals surface area contributed by atoms with Crippen LogP contribution in [0.3, 0.4) is 0 Å². The van der Waals surface area contributed by atoms with Crippen molar-refractivity contribution >= 4 is 29.6 Å². The first-order valence-electron chi connectivity index (χ1n) is 7.52. The van der Waals surface area contributed by atoms with E-state index in [1.54, 1.807) is 0 Å². The number of hydrogen-bond acceptors (Lipinski definition) is 7. The molecule has 0 radical (unpaired) electrons. The zero-order valence-electron chi connectivity index (χ0n) is 12.9. The SMILES string of the molecule is O=C1CC(n2nnn(-c3ccc(OC(F)(F)Cl)cc3)c2=S)C2COC1O2. The van der Waals surface area contributed by atoms with Crippen molar-refractivity contribution in [2.45, 2.75) is 30.4 Å². The average molecular weight is 405 g/mol. The zero-order valence-corrected chi connectivity index (χ0v) is 14.5. The number of halogens is 3. The number of Topliss-reactive ketones (excluding diaryl/α,β-unsaturated/α-hetero) is 1. The van der Waals surface area contributed by atoms with Gasteiger partial charge in [0.1, 0.15) is 11.9 Å². The van der Waals surface area contributed by atoms with Crippen molar-refractivity contribution in [2.24, 2.45) is 0 Å². The van der Waals surface area contributed by atoms with Gasteiger partial charge in [-0.15, -0.1) is 8.78 Å². The molecule has 0 saturated carbocycles. The van der Waals surface area contributed by atoms with E-state index in [0.29, 0.717) is 5.69 Å². The molecule has 3 atom stereocenters. The van der Waals surface area contributed by atoms with Gasteiger partial charge in [-0.1, -0.05) is 0 Å². The molecule has 2 aliphatic heterocycles. The number of tetrazole rings is 1. The highest BCUT2D eigenvalue weighted by Gasteiger charge is 2.45. The normalized spacial score (nSPS) is 25.5. The van der Waals surface area contributed by atoms with Gasteiger partial charge < -0.3 is 14.2 Å². The van der Waals surface area contributed by atoms with Gasteiger partial charge in [-0.2, -0.15) is 4.68 Å². The number of benzene rings is 1. The minimum Gasteiger partial charge on any atom is -0.420 e. The quantitative estimate of drug-likeness (QED) is 0.571. The Morgan fingerprint density at radius 1 is 1.31 bits per heavy atom. The fraction of sp³-hybridized carbons (Fsp3) is 0.429. The second-order valence-corrected chi connectivity index (χ2v) is 6.54. The number of aromatic nitrogens is 4. The fourth-order valence-corrected chi connectivity index (χ4v) is 3.29. The van der Waals surface area contributed by atoms with Gasteiger partial charge in [-0.05, 0) is 46.9 Å². The van der Waals surface area contributed by atoms with E-state index < -0.39 is 17.9 Å². The van der Waals surface area contributed by atoms with Crippen molar-refractivity contribution < 1.29 is 27.8 Å². The Hall–Kier alpha value is -1.95. The van der Waals surface area contributed by atoms with E-state index in [1.807, 2.05) is 0 Å². The highest BCUT2D eigenvalue weighted by molar-refractivity contribution is 7.71. The van der Waals surface area contributed by atoms with Crippen molar-refractivity contribution in [1.82, 2.24) is 19.8 Å². The lowest BCUT2D eigenvalue weighted by Crippen LogP contribution is -2.37. The number of fused-ring (bicyclic) bond motifs is 2. The Kier molecular flexibility index (Phi) is 4.26. The molecule has 0 spiro atoms. The Morgan fingerprint density at radius 3 is 2.73 bits per heavy atom. The maximum atomic E-state index is 12.7. The summed E-state index contributed by atoms with van der Waals surface area (Å²) >= 11 is 10.1. The number of carbonyl (C=O) groups is 1. The number of hydrogen-bond donors (Lipinski definition) is 0. The second-order valence-electron chi connectivity index (χ2n) is 5.74. The summed E-state index contributed by atoms with van der Waals surface area (Å²) in [5.74, 6) is -0.295. The van der Waals surface area contributed by atoms with E-state index in [1.165, 1.54) is 33.6 Å². The predicted molar refractivity (Wildman–Crippen MR) is 84.9 cm³/mol. The number of ketones is 1. The van der Waals surface area contributed by atoms with E-state index in [9.17, 15) is 13.6 Å². The summed E-state index contributed by atoms with van der Waals surface area (Å²) in [5, 5.41) is 7.99. The Labute approximate surface area is 155 Å². The zero-order chi connectivity index (χ0) is 18.5. The highest BCUT2D eigenvalue weighted by atomic mass is 35.5. The van der Waals surface area contributed by atoms with Crippen LogP contribution in [0, 0.1) is 4.77 Å². The minimum absolute atomic E-state index is 0.118. The standard InChI is InChI=1S/C14H11ClF2N4O4S/c15-14(16,17)25-8-3-1-7(2-4-8)20-13(26)21(19-18-20)9-5-10(22)12-23-6-11(9)24-12/h1-4,9,11-12H,5-6H2. The number of carbonyl (C=O) groups excluding carboxylic acids is 1. The minimum atomic E-state index is -3.80. The summed E-state index contributed by atoms with van der Waals surface area (Å²) in [5.41, 5.74) is -3.31. The molecule has 8 nitrogen and oxygen atoms in total. The number of ether oxygens (including phenoxy) is 3. The smallest absolute Gasteiger partial charge is 0.420 e. The molecule has 2 bridgehead atoms. The number of alkyl halides is 3. The van der Waals surface area contributed by atoms with E-state index >= 15 is 0 Å². The van der Waals surface area contributed by atoms with Crippen LogP contribution in [0.25, 0.3) is 5.69 Å². The van der Waals surface area contributed by atoms with E-state index in [4.69, 9.17) is 33.3 Å². The Bertz CT molecular complexity index is 898. The molecule has 2 aliphatic rings. The molecular formula is C14H11ClF2N4O4S. The van der Waals surface area contributed by atoms with Crippen molar-refractivity contribution in [3.8, 4) is 11.4 Å². The molecule has 0 N–H and O–H groups in total. The van der Waals surface area contributed by atoms with Gasteiger partial charge in [0.15, 0.2) is 5.78 Å². The van der Waals surface area contributed by atoms with E-state index in [2.05, 4.69) is 15.2 Å². The van der Waals surface area contributed by atoms with Crippen molar-refractivity contribution in [2.75, 3.05) is 6.61 Å². The van der Waals surface area contributed by atoms with Crippen LogP contribution >= 0.6 is 23.8 Å². The largest absolute Gasteiger partial charge is 0.487 e. The molecule has 3 heterocycles. The molecule has 2 fully saturated rings. The van der Waals surface area contributed by atoms with Gasteiger partial charge in [0.2, 0.25) is 11.1 Å². The third-order valence-corrected chi connectivity index (χ3v) is 4.48. The summed E-state index contributed by atoms with van der Waals surface area (Å²) in [6, 6.07) is 5.14. The topological polar surface area (TPSA) is 80.4 Å². The lowest BCUT2D eigenvalue weighted by molar-refractivity contribution is -0.156. The molecule has 12 heteroatoms. The van der Waals surface area contributed by atoms with Crippen LogP contribution in [0.5, 0.6) is 5.75 Å². The van der Waals surface area contributed by atoms with Gasteiger partial charge in [-0.25, -0.2) is 4.68 Å². The van der Waals surface area contributed by atoms with Gasteiger partial charge in [0.05, 0.1) is 18.3 Å². The third kappa shape index (κ3) is 3.22. The lowest BCUT2D eigenvalue weighted by Gasteiger charge is -2.25. The molecule has 26 heavy (non-hydrogen) atoms. The number of nitrogens with zero attached hydrogens (tertiary/aromatic N) is 4. The van der Waals surface area contributed by atoms with Crippen LogP contribution in [0.1, 0.15) is 12.5 Å². The van der Waals surface area contributed by atoms with Gasteiger partial charge in [0, 0.05) is 18.0 Å². The molecule has 3 unspecified atom stereocenters. The molecule has 1 aromatic heterocycles. The van der Waals surface area contributed by atoms with E-state index in [-0.39, 0.29) is 35.4 Å². The maximum Gasteiger partial charge on any atom is 0.487 e. The Morgan fingerprint density at radius 2 is 2.04 bits per heavy atom. The average Bonchev–Trinajstić information content (AvgIpc) is 3.16. The van der Waals surface area contributed by atoms with Gasteiger partial charge >= 0.3 is 5.57 Å². The second kappa shape index (κ2) is 6.34. The summed E-state index contributed by atoms with van der Waals surface area (Å²) in [4.78, 5) is 11.9. The highest BCUT2D eigenvalue weighted by Crippen LogP contribution is 2.32. The molecule has 0 aliphatic carbocycles. The van der Waals surface area contributed by atoms with E-state index in [0.717, 1.165) is 0 Å². The molecule has 4 rings (SSSR count). The molecule has 2 saturated heterocycles. The van der Waals surface area contributed by atoms with Crippen LogP contribution in [-0.4, -0.2) is 50.1 Å². The van der Waals surface area contributed by atoms with Gasteiger partial charge in [-0.3, -0.25) is 4.79 Å². The van der Waals surface area contributed by atoms with Crippen molar-refractivity contribution in [3.63, 3.8) is 0 Å². The van der Waals surface area contributed by atoms with Gasteiger partial charge in [0.25, 0.3) is 0 Å².